The second kappa shape index (κ2) is 8.77. The average Bonchev–Trinajstić information content (AvgIpc) is 3.23. The molecule has 0 fully saturated rings. The Bertz CT molecular complexity index is 1100. The fraction of sp³-hybridized carbons (Fsp3) is 0.273. The molecule has 0 spiro atoms. The van der Waals surface area contributed by atoms with Crippen LogP contribution in [0.4, 0.5) is 0 Å². The van der Waals surface area contributed by atoms with Gasteiger partial charge in [0, 0.05) is 12.2 Å². The summed E-state index contributed by atoms with van der Waals surface area (Å²) in [5.74, 6) is -1.65. The number of hydrogen-bond donors (Lipinski definition) is 3. The summed E-state index contributed by atoms with van der Waals surface area (Å²) in [6.45, 7) is 1.96. The largest absolute Gasteiger partial charge is 0.507 e. The molecule has 1 atom stereocenters. The molecule has 30 heavy (non-hydrogen) atoms. The summed E-state index contributed by atoms with van der Waals surface area (Å²) in [7, 11) is 1.25. The van der Waals surface area contributed by atoms with Crippen LogP contribution in [0.2, 0.25) is 0 Å². The van der Waals surface area contributed by atoms with E-state index in [1.807, 2.05) is 0 Å². The lowest BCUT2D eigenvalue weighted by Crippen LogP contribution is -2.29. The lowest BCUT2D eigenvalue weighted by atomic mass is 9.93. The monoisotopic (exact) mass is 413 g/mol. The number of nitrogens with zero attached hydrogens (tertiary/aromatic N) is 1. The molecule has 8 nitrogen and oxygen atoms in total. The number of furan rings is 1. The van der Waals surface area contributed by atoms with Gasteiger partial charge in [-0.15, -0.1) is 0 Å². The number of aryl methyl sites for hydroxylation is 2. The highest BCUT2D eigenvalue weighted by Gasteiger charge is 2.28. The Balaban J connectivity index is 1.99. The van der Waals surface area contributed by atoms with Crippen molar-refractivity contribution in [2.45, 2.75) is 32.2 Å². The zero-order valence-electron chi connectivity index (χ0n) is 16.7. The third kappa shape index (κ3) is 4.32. The van der Waals surface area contributed by atoms with Gasteiger partial charge in [-0.1, -0.05) is 6.07 Å². The van der Waals surface area contributed by atoms with Crippen LogP contribution in [0, 0.1) is 6.92 Å². The van der Waals surface area contributed by atoms with Crippen molar-refractivity contribution >= 4 is 5.97 Å². The maximum atomic E-state index is 13.3. The Morgan fingerprint density at radius 2 is 1.90 bits per heavy atom. The van der Waals surface area contributed by atoms with Crippen molar-refractivity contribution in [3.05, 3.63) is 75.6 Å². The Kier molecular flexibility index (Phi) is 6.15. The predicted octanol–water partition coefficient (Wildman–Crippen LogP) is 2.80. The molecule has 0 saturated carbocycles. The molecule has 0 amide bonds. The lowest BCUT2D eigenvalue weighted by Gasteiger charge is -2.19. The summed E-state index contributed by atoms with van der Waals surface area (Å²) < 4.78 is 11.6. The van der Waals surface area contributed by atoms with Crippen molar-refractivity contribution in [2.24, 2.45) is 0 Å². The molecule has 3 N–H and O–H groups in total. The van der Waals surface area contributed by atoms with Gasteiger partial charge in [-0.3, -0.25) is 9.59 Å². The Morgan fingerprint density at radius 3 is 2.53 bits per heavy atom. The maximum absolute atomic E-state index is 13.3. The minimum absolute atomic E-state index is 0.0505. The summed E-state index contributed by atoms with van der Waals surface area (Å²) in [6.07, 6.45) is 1.67. The van der Waals surface area contributed by atoms with Crippen LogP contribution in [0.25, 0.3) is 0 Å². The van der Waals surface area contributed by atoms with Crippen LogP contribution in [0.3, 0.4) is 0 Å². The number of phenols is 2. The highest BCUT2D eigenvalue weighted by molar-refractivity contribution is 5.71. The summed E-state index contributed by atoms with van der Waals surface area (Å²) >= 11 is 0. The van der Waals surface area contributed by atoms with E-state index < -0.39 is 17.4 Å². The van der Waals surface area contributed by atoms with Crippen LogP contribution in [-0.2, 0) is 22.5 Å². The van der Waals surface area contributed by atoms with E-state index in [2.05, 4.69) is 0 Å². The Labute approximate surface area is 172 Å². The van der Waals surface area contributed by atoms with E-state index >= 15 is 0 Å². The van der Waals surface area contributed by atoms with Crippen LogP contribution in [0.1, 0.15) is 34.9 Å². The number of aromatic nitrogens is 1. The summed E-state index contributed by atoms with van der Waals surface area (Å²) in [5.41, 5.74) is 0.874. The number of aromatic hydroxyl groups is 3. The summed E-state index contributed by atoms with van der Waals surface area (Å²) in [5, 5.41) is 29.7. The Hall–Kier alpha value is -3.68. The minimum atomic E-state index is -0.801. The van der Waals surface area contributed by atoms with Gasteiger partial charge in [0.25, 0.3) is 5.56 Å². The van der Waals surface area contributed by atoms with E-state index in [4.69, 9.17) is 9.15 Å². The molecule has 0 aliphatic carbocycles. The van der Waals surface area contributed by atoms with Crippen molar-refractivity contribution in [3.8, 4) is 17.2 Å². The SMILES string of the molecule is COC(=O)CC(c1ccco1)c1c(O)cc(C)n(CCc2ccc(O)c(O)c2)c1=O. The van der Waals surface area contributed by atoms with E-state index in [1.54, 1.807) is 25.1 Å². The van der Waals surface area contributed by atoms with Gasteiger partial charge >= 0.3 is 5.97 Å². The van der Waals surface area contributed by atoms with Crippen molar-refractivity contribution in [1.82, 2.24) is 4.57 Å². The number of hydrogen-bond acceptors (Lipinski definition) is 7. The minimum Gasteiger partial charge on any atom is -0.507 e. The van der Waals surface area contributed by atoms with Crippen LogP contribution in [0.15, 0.2) is 51.9 Å². The highest BCUT2D eigenvalue weighted by Crippen LogP contribution is 2.33. The van der Waals surface area contributed by atoms with Gasteiger partial charge in [0.1, 0.15) is 11.5 Å². The molecule has 0 saturated heterocycles. The highest BCUT2D eigenvalue weighted by atomic mass is 16.5. The first-order chi connectivity index (χ1) is 14.3. The second-order valence-electron chi connectivity index (χ2n) is 6.96. The smallest absolute Gasteiger partial charge is 0.306 e. The second-order valence-corrected chi connectivity index (χ2v) is 6.96. The molecule has 0 bridgehead atoms. The van der Waals surface area contributed by atoms with E-state index in [1.165, 1.54) is 36.1 Å². The average molecular weight is 413 g/mol. The normalized spacial score (nSPS) is 11.9. The fourth-order valence-corrected chi connectivity index (χ4v) is 3.42. The van der Waals surface area contributed by atoms with Gasteiger partial charge in [-0.2, -0.15) is 0 Å². The third-order valence-electron chi connectivity index (χ3n) is 5.02. The molecule has 158 valence electrons. The molecule has 0 aliphatic heterocycles. The molecular formula is C22H23NO7. The van der Waals surface area contributed by atoms with Gasteiger partial charge in [-0.05, 0) is 49.2 Å². The topological polar surface area (TPSA) is 122 Å². The molecule has 3 aromatic rings. The lowest BCUT2D eigenvalue weighted by molar-refractivity contribution is -0.140. The number of carbonyl (C=O) groups excluding carboxylic acids is 1. The zero-order valence-corrected chi connectivity index (χ0v) is 16.7. The summed E-state index contributed by atoms with van der Waals surface area (Å²) in [6, 6.07) is 9.21. The van der Waals surface area contributed by atoms with Gasteiger partial charge in [0.15, 0.2) is 11.5 Å². The van der Waals surface area contributed by atoms with Gasteiger partial charge in [-0.25, -0.2) is 0 Å². The predicted molar refractivity (Wildman–Crippen MR) is 108 cm³/mol. The van der Waals surface area contributed by atoms with Crippen molar-refractivity contribution in [3.63, 3.8) is 0 Å². The first kappa shape index (κ1) is 21.0. The first-order valence-corrected chi connectivity index (χ1v) is 9.36. The molecule has 1 unspecified atom stereocenters. The van der Waals surface area contributed by atoms with Crippen LogP contribution in [0.5, 0.6) is 17.2 Å². The van der Waals surface area contributed by atoms with Gasteiger partial charge in [0.05, 0.1) is 31.3 Å². The number of rotatable bonds is 7. The molecule has 8 heteroatoms. The van der Waals surface area contributed by atoms with Gasteiger partial charge < -0.3 is 29.0 Å². The molecule has 1 aromatic carbocycles. The zero-order chi connectivity index (χ0) is 21.8. The molecule has 2 heterocycles. The van der Waals surface area contributed by atoms with Crippen LogP contribution in [-0.4, -0.2) is 33.0 Å². The van der Waals surface area contributed by atoms with E-state index in [0.29, 0.717) is 17.9 Å². The molecular weight excluding hydrogens is 390 g/mol. The van der Waals surface area contributed by atoms with Crippen LogP contribution < -0.4 is 5.56 Å². The number of carbonyl (C=O) groups is 1. The van der Waals surface area contributed by atoms with Crippen molar-refractivity contribution in [2.75, 3.05) is 7.11 Å². The number of esters is 1. The molecule has 3 rings (SSSR count). The molecule has 2 aromatic heterocycles. The van der Waals surface area contributed by atoms with Crippen molar-refractivity contribution in [1.29, 1.82) is 0 Å². The van der Waals surface area contributed by atoms with E-state index in [0.717, 1.165) is 5.56 Å². The molecule has 0 radical (unpaired) electrons. The number of methoxy groups -OCH3 is 1. The number of pyridine rings is 1. The first-order valence-electron chi connectivity index (χ1n) is 9.36. The van der Waals surface area contributed by atoms with Crippen LogP contribution >= 0.6 is 0 Å². The standard InChI is InChI=1S/C22H23NO7/c1-13-10-18(26)21(15(12-20(27)29-2)19-4-3-9-30-19)22(28)23(13)8-7-14-5-6-16(24)17(25)11-14/h3-6,9-11,15,24-26H,7-8,12H2,1-2H3. The number of ether oxygens (including phenoxy) is 1. The number of benzene rings is 1. The Morgan fingerprint density at radius 1 is 1.13 bits per heavy atom. The van der Waals surface area contributed by atoms with Gasteiger partial charge in [0.2, 0.25) is 0 Å². The quantitative estimate of drug-likeness (QED) is 0.402. The van der Waals surface area contributed by atoms with Crippen molar-refractivity contribution < 1.29 is 29.3 Å². The number of phenolic OH excluding ortho intramolecular Hbond substituents is 2. The third-order valence-corrected chi connectivity index (χ3v) is 5.02. The molecule has 0 aliphatic rings. The fourth-order valence-electron chi connectivity index (χ4n) is 3.42. The summed E-state index contributed by atoms with van der Waals surface area (Å²) in [4.78, 5) is 25.2. The van der Waals surface area contributed by atoms with E-state index in [9.17, 15) is 24.9 Å². The van der Waals surface area contributed by atoms with E-state index in [-0.39, 0.29) is 35.8 Å². The maximum Gasteiger partial charge on any atom is 0.306 e.